The number of aromatic amines is 1. The van der Waals surface area contributed by atoms with Crippen LogP contribution in [0.25, 0.3) is 22.2 Å². The van der Waals surface area contributed by atoms with Gasteiger partial charge in [0.1, 0.15) is 0 Å². The summed E-state index contributed by atoms with van der Waals surface area (Å²) in [6.07, 6.45) is 2.15. The van der Waals surface area contributed by atoms with Crippen molar-refractivity contribution in [2.75, 3.05) is 37.6 Å². The van der Waals surface area contributed by atoms with E-state index in [1.54, 1.807) is 10.4 Å². The van der Waals surface area contributed by atoms with Gasteiger partial charge >= 0.3 is 0 Å². The zero-order chi connectivity index (χ0) is 20.3. The van der Waals surface area contributed by atoms with Crippen LogP contribution in [0.1, 0.15) is 12.8 Å². The molecule has 0 amide bonds. The topological polar surface area (TPSA) is 68.4 Å². The van der Waals surface area contributed by atoms with Crippen molar-refractivity contribution < 1.29 is 8.42 Å². The third-order valence-corrected chi connectivity index (χ3v) is 8.84. The van der Waals surface area contributed by atoms with E-state index < -0.39 is 10.0 Å². The SMILES string of the molecule is O=S(=O)(c1ccc(N2C[C@@H]3CCN[C@@H]3C2)c(-c2cc3ccccc3[nH]2)c1)N1CCC1. The van der Waals surface area contributed by atoms with Crippen molar-refractivity contribution in [1.29, 1.82) is 0 Å². The summed E-state index contributed by atoms with van der Waals surface area (Å²) < 4.78 is 27.7. The number of nitrogens with one attached hydrogen (secondary N) is 2. The molecule has 0 saturated carbocycles. The Balaban J connectivity index is 1.47. The number of nitrogens with zero attached hydrogens (tertiary/aromatic N) is 2. The van der Waals surface area contributed by atoms with Crippen molar-refractivity contribution in [3.05, 3.63) is 48.5 Å². The maximum Gasteiger partial charge on any atom is 0.243 e. The molecule has 0 aliphatic carbocycles. The largest absolute Gasteiger partial charge is 0.369 e. The molecule has 3 fully saturated rings. The van der Waals surface area contributed by atoms with E-state index in [2.05, 4.69) is 33.4 Å². The lowest BCUT2D eigenvalue weighted by Crippen LogP contribution is -2.41. The molecule has 4 heterocycles. The van der Waals surface area contributed by atoms with Gasteiger partial charge in [0.2, 0.25) is 10.0 Å². The second kappa shape index (κ2) is 6.83. The fraction of sp³-hybridized carbons (Fsp3) is 0.391. The normalized spacial score (nSPS) is 24.3. The van der Waals surface area contributed by atoms with Gasteiger partial charge in [-0.2, -0.15) is 4.31 Å². The minimum absolute atomic E-state index is 0.386. The van der Waals surface area contributed by atoms with Gasteiger partial charge < -0.3 is 15.2 Å². The molecule has 3 saturated heterocycles. The van der Waals surface area contributed by atoms with E-state index in [0.29, 0.717) is 29.9 Å². The number of benzene rings is 2. The van der Waals surface area contributed by atoms with Crippen molar-refractivity contribution >= 4 is 26.6 Å². The maximum atomic E-state index is 13.1. The Morgan fingerprint density at radius 2 is 1.87 bits per heavy atom. The molecule has 3 aliphatic heterocycles. The van der Waals surface area contributed by atoms with Crippen LogP contribution in [-0.2, 0) is 10.0 Å². The van der Waals surface area contributed by atoms with E-state index in [9.17, 15) is 8.42 Å². The molecule has 2 aromatic carbocycles. The second-order valence-electron chi connectivity index (χ2n) is 8.72. The predicted octanol–water partition coefficient (Wildman–Crippen LogP) is 3.03. The Morgan fingerprint density at radius 3 is 2.63 bits per heavy atom. The fourth-order valence-corrected chi connectivity index (χ4v) is 6.65. The molecular formula is C23H26N4O2S. The number of H-pyrrole nitrogens is 1. The number of rotatable bonds is 4. The molecule has 30 heavy (non-hydrogen) atoms. The van der Waals surface area contributed by atoms with Crippen molar-refractivity contribution in [2.45, 2.75) is 23.8 Å². The van der Waals surface area contributed by atoms with Crippen LogP contribution in [0, 0.1) is 5.92 Å². The summed E-state index contributed by atoms with van der Waals surface area (Å²) in [5.74, 6) is 0.671. The van der Waals surface area contributed by atoms with Crippen LogP contribution in [0.4, 0.5) is 5.69 Å². The van der Waals surface area contributed by atoms with E-state index in [0.717, 1.165) is 53.9 Å². The van der Waals surface area contributed by atoms with E-state index in [-0.39, 0.29) is 0 Å². The molecule has 0 bridgehead atoms. The summed E-state index contributed by atoms with van der Waals surface area (Å²) in [4.78, 5) is 6.32. The van der Waals surface area contributed by atoms with Crippen LogP contribution in [0.15, 0.2) is 53.4 Å². The van der Waals surface area contributed by atoms with Gasteiger partial charge in [0.05, 0.1) is 4.90 Å². The highest BCUT2D eigenvalue weighted by Crippen LogP contribution is 2.38. The van der Waals surface area contributed by atoms with Gasteiger partial charge in [-0.3, -0.25) is 0 Å². The number of fused-ring (bicyclic) bond motifs is 2. The lowest BCUT2D eigenvalue weighted by molar-refractivity contribution is 0.309. The van der Waals surface area contributed by atoms with Gasteiger partial charge in [0, 0.05) is 60.1 Å². The number of hydrogen-bond donors (Lipinski definition) is 2. The first-order valence-electron chi connectivity index (χ1n) is 10.8. The molecule has 6 rings (SSSR count). The lowest BCUT2D eigenvalue weighted by atomic mass is 10.1. The molecule has 156 valence electrons. The smallest absolute Gasteiger partial charge is 0.243 e. The van der Waals surface area contributed by atoms with Crippen LogP contribution < -0.4 is 10.2 Å². The minimum Gasteiger partial charge on any atom is -0.369 e. The highest BCUT2D eigenvalue weighted by atomic mass is 32.2. The second-order valence-corrected chi connectivity index (χ2v) is 10.7. The molecule has 3 aliphatic rings. The molecule has 1 aromatic heterocycles. The zero-order valence-electron chi connectivity index (χ0n) is 16.8. The first-order valence-corrected chi connectivity index (χ1v) is 12.2. The molecule has 2 N–H and O–H groups in total. The van der Waals surface area contributed by atoms with E-state index in [4.69, 9.17) is 0 Å². The third kappa shape index (κ3) is 2.87. The average molecular weight is 423 g/mol. The Labute approximate surface area is 176 Å². The number of para-hydroxylation sites is 1. The number of sulfonamides is 1. The van der Waals surface area contributed by atoms with Gasteiger partial charge in [0.15, 0.2) is 0 Å². The summed E-state index contributed by atoms with van der Waals surface area (Å²) in [7, 11) is -3.43. The average Bonchev–Trinajstić information content (AvgIpc) is 3.39. The maximum absolute atomic E-state index is 13.1. The van der Waals surface area contributed by atoms with Crippen molar-refractivity contribution in [1.82, 2.24) is 14.6 Å². The molecule has 0 spiro atoms. The Kier molecular flexibility index (Phi) is 4.20. The zero-order valence-corrected chi connectivity index (χ0v) is 17.7. The summed E-state index contributed by atoms with van der Waals surface area (Å²) in [5.41, 5.74) is 4.11. The van der Waals surface area contributed by atoms with Crippen LogP contribution in [0.2, 0.25) is 0 Å². The monoisotopic (exact) mass is 422 g/mol. The highest BCUT2D eigenvalue weighted by Gasteiger charge is 2.37. The summed E-state index contributed by atoms with van der Waals surface area (Å²) in [6, 6.07) is 16.5. The third-order valence-electron chi connectivity index (χ3n) is 6.94. The van der Waals surface area contributed by atoms with Crippen LogP contribution in [0.3, 0.4) is 0 Å². The molecule has 3 aromatic rings. The van der Waals surface area contributed by atoms with Crippen molar-refractivity contribution in [3.8, 4) is 11.3 Å². The Hall–Kier alpha value is -2.35. The summed E-state index contributed by atoms with van der Waals surface area (Å²) in [5, 5.41) is 4.75. The standard InChI is InChI=1S/C23H26N4O2S/c28-30(29,27-10-3-11-27)18-6-7-23(26-14-17-8-9-24-22(17)15-26)19(13-18)21-12-16-4-1-2-5-20(16)25-21/h1-2,4-7,12-13,17,22,24-25H,3,8-11,14-15H2/t17-,22+/m0/s1. The number of anilines is 1. The van der Waals surface area contributed by atoms with Crippen molar-refractivity contribution in [3.63, 3.8) is 0 Å². The van der Waals surface area contributed by atoms with E-state index in [1.807, 2.05) is 24.3 Å². The van der Waals surface area contributed by atoms with Crippen LogP contribution >= 0.6 is 0 Å². The molecule has 7 heteroatoms. The number of aromatic nitrogens is 1. The van der Waals surface area contributed by atoms with Gasteiger partial charge in [-0.25, -0.2) is 8.42 Å². The van der Waals surface area contributed by atoms with Gasteiger partial charge in [-0.1, -0.05) is 18.2 Å². The first-order chi connectivity index (χ1) is 14.6. The van der Waals surface area contributed by atoms with E-state index >= 15 is 0 Å². The summed E-state index contributed by atoms with van der Waals surface area (Å²) >= 11 is 0. The number of hydrogen-bond acceptors (Lipinski definition) is 4. The van der Waals surface area contributed by atoms with Crippen LogP contribution in [-0.4, -0.2) is 56.5 Å². The quantitative estimate of drug-likeness (QED) is 0.678. The molecule has 2 atom stereocenters. The molecule has 0 unspecified atom stereocenters. The Morgan fingerprint density at radius 1 is 1.00 bits per heavy atom. The lowest BCUT2D eigenvalue weighted by Gasteiger charge is -2.30. The predicted molar refractivity (Wildman–Crippen MR) is 119 cm³/mol. The fourth-order valence-electron chi connectivity index (χ4n) is 5.11. The Bertz CT molecular complexity index is 1170. The van der Waals surface area contributed by atoms with Gasteiger partial charge in [-0.05, 0) is 55.6 Å². The molecular weight excluding hydrogens is 396 g/mol. The van der Waals surface area contributed by atoms with Gasteiger partial charge in [0.25, 0.3) is 0 Å². The van der Waals surface area contributed by atoms with Crippen LogP contribution in [0.5, 0.6) is 0 Å². The molecule has 0 radical (unpaired) electrons. The highest BCUT2D eigenvalue weighted by molar-refractivity contribution is 7.89. The first kappa shape index (κ1) is 18.4. The summed E-state index contributed by atoms with van der Waals surface area (Å²) in [6.45, 7) is 4.32. The van der Waals surface area contributed by atoms with E-state index in [1.165, 1.54) is 6.42 Å². The van der Waals surface area contributed by atoms with Crippen molar-refractivity contribution in [2.24, 2.45) is 5.92 Å². The minimum atomic E-state index is -3.43. The van der Waals surface area contributed by atoms with Gasteiger partial charge in [-0.15, -0.1) is 0 Å². The molecule has 6 nitrogen and oxygen atoms in total.